The largest absolute Gasteiger partial charge is 0.339 e. The highest BCUT2D eigenvalue weighted by Gasteiger charge is 2.20. The third kappa shape index (κ3) is 4.06. The molecule has 0 saturated heterocycles. The second-order valence-electron chi connectivity index (χ2n) is 5.25. The Hall–Kier alpha value is -1.36. The third-order valence-electron chi connectivity index (χ3n) is 3.16. The van der Waals surface area contributed by atoms with E-state index in [0.29, 0.717) is 18.0 Å². The third-order valence-corrected chi connectivity index (χ3v) is 3.16. The number of hydrogen-bond donors (Lipinski definition) is 1. The summed E-state index contributed by atoms with van der Waals surface area (Å²) < 4.78 is 1.86. The van der Waals surface area contributed by atoms with Crippen LogP contribution in [0.15, 0.2) is 6.20 Å². The van der Waals surface area contributed by atoms with E-state index >= 15 is 0 Å². The van der Waals surface area contributed by atoms with Gasteiger partial charge in [-0.25, -0.2) is 0 Å². The van der Waals surface area contributed by atoms with Crippen LogP contribution in [0.4, 0.5) is 0 Å². The normalized spacial score (nSPS) is 11.1. The Bertz CT molecular complexity index is 412. The summed E-state index contributed by atoms with van der Waals surface area (Å²) in [6.45, 7) is 11.1. The Kier molecular flexibility index (Phi) is 6.02. The molecule has 1 heterocycles. The number of amides is 1. The van der Waals surface area contributed by atoms with E-state index in [4.69, 9.17) is 5.73 Å². The van der Waals surface area contributed by atoms with Crippen LogP contribution >= 0.6 is 0 Å². The van der Waals surface area contributed by atoms with Gasteiger partial charge in [-0.15, -0.1) is 0 Å². The lowest BCUT2D eigenvalue weighted by molar-refractivity contribution is 0.0745. The van der Waals surface area contributed by atoms with E-state index in [1.807, 2.05) is 23.4 Å². The summed E-state index contributed by atoms with van der Waals surface area (Å²) in [6, 6.07) is 0. The van der Waals surface area contributed by atoms with Crippen molar-refractivity contribution in [2.45, 2.75) is 40.7 Å². The van der Waals surface area contributed by atoms with Crippen molar-refractivity contribution in [3.63, 3.8) is 0 Å². The van der Waals surface area contributed by atoms with Crippen molar-refractivity contribution in [2.24, 2.45) is 11.7 Å². The summed E-state index contributed by atoms with van der Waals surface area (Å²) in [7, 11) is 0. The van der Waals surface area contributed by atoms with E-state index in [1.165, 1.54) is 0 Å². The van der Waals surface area contributed by atoms with Crippen LogP contribution in [0.2, 0.25) is 0 Å². The summed E-state index contributed by atoms with van der Waals surface area (Å²) in [4.78, 5) is 14.3. The summed E-state index contributed by atoms with van der Waals surface area (Å²) in [5.74, 6) is 0.546. The van der Waals surface area contributed by atoms with Gasteiger partial charge in [-0.05, 0) is 32.7 Å². The van der Waals surface area contributed by atoms with Crippen molar-refractivity contribution < 1.29 is 4.79 Å². The zero-order chi connectivity index (χ0) is 14.4. The van der Waals surface area contributed by atoms with E-state index in [2.05, 4.69) is 18.9 Å². The van der Waals surface area contributed by atoms with Gasteiger partial charge in [-0.2, -0.15) is 5.10 Å². The van der Waals surface area contributed by atoms with Crippen LogP contribution < -0.4 is 5.73 Å². The first kappa shape index (κ1) is 15.7. The van der Waals surface area contributed by atoms with Crippen LogP contribution in [0.1, 0.15) is 43.2 Å². The van der Waals surface area contributed by atoms with Gasteiger partial charge >= 0.3 is 0 Å². The lowest BCUT2D eigenvalue weighted by Crippen LogP contribution is -2.34. The highest BCUT2D eigenvalue weighted by Crippen LogP contribution is 2.12. The quantitative estimate of drug-likeness (QED) is 0.816. The maximum atomic E-state index is 12.5. The first-order valence-corrected chi connectivity index (χ1v) is 7.03. The molecule has 1 aromatic rings. The first-order chi connectivity index (χ1) is 9.01. The fourth-order valence-corrected chi connectivity index (χ4v) is 2.09. The van der Waals surface area contributed by atoms with Crippen molar-refractivity contribution in [3.8, 4) is 0 Å². The first-order valence-electron chi connectivity index (χ1n) is 7.03. The predicted molar refractivity (Wildman–Crippen MR) is 77.1 cm³/mol. The highest BCUT2D eigenvalue weighted by atomic mass is 16.2. The molecule has 0 aliphatic rings. The number of carbonyl (C=O) groups excluding carboxylic acids is 1. The standard InChI is InChI=1S/C14H26N4O/c1-5-17(10-11(2)3)14(19)13-9-16-18(12(13)4)8-6-7-15/h9,11H,5-8,10,15H2,1-4H3. The van der Waals surface area contributed by atoms with Crippen LogP contribution in [0.5, 0.6) is 0 Å². The smallest absolute Gasteiger partial charge is 0.257 e. The second-order valence-corrected chi connectivity index (χ2v) is 5.25. The van der Waals surface area contributed by atoms with Crippen LogP contribution in [-0.2, 0) is 6.54 Å². The molecule has 0 radical (unpaired) electrons. The fraction of sp³-hybridized carbons (Fsp3) is 0.714. The number of hydrogen-bond acceptors (Lipinski definition) is 3. The molecule has 2 N–H and O–H groups in total. The van der Waals surface area contributed by atoms with Gasteiger partial charge in [0.15, 0.2) is 0 Å². The van der Waals surface area contributed by atoms with E-state index in [-0.39, 0.29) is 5.91 Å². The molecule has 5 heteroatoms. The summed E-state index contributed by atoms with van der Waals surface area (Å²) in [6.07, 6.45) is 2.55. The molecular formula is C14H26N4O. The molecule has 0 atom stereocenters. The van der Waals surface area contributed by atoms with Gasteiger partial charge in [0.2, 0.25) is 0 Å². The minimum atomic E-state index is 0.0766. The van der Waals surface area contributed by atoms with E-state index in [9.17, 15) is 4.79 Å². The van der Waals surface area contributed by atoms with Gasteiger partial charge in [0.25, 0.3) is 5.91 Å². The molecule has 108 valence electrons. The van der Waals surface area contributed by atoms with Crippen molar-refractivity contribution in [3.05, 3.63) is 17.5 Å². The minimum absolute atomic E-state index is 0.0766. The maximum absolute atomic E-state index is 12.5. The van der Waals surface area contributed by atoms with Crippen molar-refractivity contribution in [1.82, 2.24) is 14.7 Å². The Balaban J connectivity index is 2.83. The maximum Gasteiger partial charge on any atom is 0.257 e. The number of aromatic nitrogens is 2. The van der Waals surface area contributed by atoms with Crippen LogP contribution in [0.3, 0.4) is 0 Å². The predicted octanol–water partition coefficient (Wildman–Crippen LogP) is 1.66. The molecule has 1 aromatic heterocycles. The SMILES string of the molecule is CCN(CC(C)C)C(=O)c1cnn(CCCN)c1C. The zero-order valence-corrected chi connectivity index (χ0v) is 12.5. The molecule has 0 aliphatic heterocycles. The van der Waals surface area contributed by atoms with Crippen molar-refractivity contribution in [2.75, 3.05) is 19.6 Å². The fourth-order valence-electron chi connectivity index (χ4n) is 2.09. The molecule has 19 heavy (non-hydrogen) atoms. The van der Waals surface area contributed by atoms with E-state index in [1.54, 1.807) is 6.20 Å². The number of nitrogens with two attached hydrogens (primary N) is 1. The zero-order valence-electron chi connectivity index (χ0n) is 12.5. The molecule has 0 saturated carbocycles. The number of aryl methyl sites for hydroxylation is 1. The molecular weight excluding hydrogens is 240 g/mol. The molecule has 0 aromatic carbocycles. The summed E-state index contributed by atoms with van der Waals surface area (Å²) in [5.41, 5.74) is 7.14. The monoisotopic (exact) mass is 266 g/mol. The van der Waals surface area contributed by atoms with Gasteiger partial charge in [-0.3, -0.25) is 9.48 Å². The molecule has 0 spiro atoms. The molecule has 1 rings (SSSR count). The van der Waals surface area contributed by atoms with E-state index in [0.717, 1.165) is 31.7 Å². The molecule has 0 aliphatic carbocycles. The molecule has 0 bridgehead atoms. The van der Waals surface area contributed by atoms with Gasteiger partial charge in [0, 0.05) is 25.3 Å². The van der Waals surface area contributed by atoms with Crippen molar-refractivity contribution >= 4 is 5.91 Å². The number of rotatable bonds is 7. The van der Waals surface area contributed by atoms with E-state index < -0.39 is 0 Å². The average molecular weight is 266 g/mol. The second kappa shape index (κ2) is 7.28. The van der Waals surface area contributed by atoms with Crippen LogP contribution in [0.25, 0.3) is 0 Å². The van der Waals surface area contributed by atoms with Gasteiger partial charge in [0.05, 0.1) is 11.8 Å². The topological polar surface area (TPSA) is 64.2 Å². The molecule has 0 unspecified atom stereocenters. The Morgan fingerprint density at radius 1 is 1.53 bits per heavy atom. The summed E-state index contributed by atoms with van der Waals surface area (Å²) in [5, 5.41) is 4.28. The molecule has 5 nitrogen and oxygen atoms in total. The Morgan fingerprint density at radius 2 is 2.21 bits per heavy atom. The van der Waals surface area contributed by atoms with Crippen LogP contribution in [-0.4, -0.2) is 40.2 Å². The number of carbonyl (C=O) groups is 1. The van der Waals surface area contributed by atoms with Crippen LogP contribution in [0, 0.1) is 12.8 Å². The number of nitrogens with zero attached hydrogens (tertiary/aromatic N) is 3. The lowest BCUT2D eigenvalue weighted by Gasteiger charge is -2.22. The minimum Gasteiger partial charge on any atom is -0.339 e. The Morgan fingerprint density at radius 3 is 2.74 bits per heavy atom. The lowest BCUT2D eigenvalue weighted by atomic mass is 10.1. The van der Waals surface area contributed by atoms with Gasteiger partial charge in [-0.1, -0.05) is 13.8 Å². The Labute approximate surface area is 115 Å². The summed E-state index contributed by atoms with van der Waals surface area (Å²) >= 11 is 0. The highest BCUT2D eigenvalue weighted by molar-refractivity contribution is 5.95. The molecule has 0 fully saturated rings. The van der Waals surface area contributed by atoms with Gasteiger partial charge < -0.3 is 10.6 Å². The van der Waals surface area contributed by atoms with Gasteiger partial charge in [0.1, 0.15) is 0 Å². The van der Waals surface area contributed by atoms with Crippen molar-refractivity contribution in [1.29, 1.82) is 0 Å². The average Bonchev–Trinajstić information content (AvgIpc) is 2.73. The molecule has 1 amide bonds.